The third kappa shape index (κ3) is 3.80. The summed E-state index contributed by atoms with van der Waals surface area (Å²) in [5, 5.41) is 4.78. The van der Waals surface area contributed by atoms with Crippen LogP contribution in [0.2, 0.25) is 0 Å². The van der Waals surface area contributed by atoms with Crippen molar-refractivity contribution in [3.63, 3.8) is 0 Å². The largest absolute Gasteiger partial charge is 0.456 e. The Bertz CT molecular complexity index is 2670. The molecule has 8 aromatic rings. The van der Waals surface area contributed by atoms with E-state index in [0.717, 1.165) is 88.3 Å². The Morgan fingerprint density at radius 3 is 1.98 bits per heavy atom. The first kappa shape index (κ1) is 27.2. The SMILES string of the molecule is O=P1(c2cccc(-c3ccccc3)c2)C2=C(c3ccccc3N(c3ccc4oc5ccccc5c4c3)c3ccccc32)c2ccccc21. The van der Waals surface area contributed by atoms with Crippen LogP contribution in [0.1, 0.15) is 16.7 Å². The predicted molar refractivity (Wildman–Crippen MR) is 200 cm³/mol. The maximum Gasteiger partial charge on any atom is 0.172 e. The second-order valence-electron chi connectivity index (χ2n) is 12.4. The van der Waals surface area contributed by atoms with E-state index in [1.807, 2.05) is 42.5 Å². The molecule has 7 aromatic carbocycles. The minimum absolute atomic E-state index is 0.841. The van der Waals surface area contributed by atoms with Crippen LogP contribution in [0.15, 0.2) is 174 Å². The first-order valence-corrected chi connectivity index (χ1v) is 17.9. The highest BCUT2D eigenvalue weighted by atomic mass is 31.2. The van der Waals surface area contributed by atoms with Gasteiger partial charge in [0.1, 0.15) is 11.2 Å². The quantitative estimate of drug-likeness (QED) is 0.182. The summed E-state index contributed by atoms with van der Waals surface area (Å²) in [4.78, 5) is 2.33. The Balaban J connectivity index is 1.27. The van der Waals surface area contributed by atoms with Crippen molar-refractivity contribution in [1.82, 2.24) is 0 Å². The lowest BCUT2D eigenvalue weighted by molar-refractivity contribution is 0.593. The Morgan fingerprint density at radius 1 is 0.479 bits per heavy atom. The van der Waals surface area contributed by atoms with Crippen LogP contribution in [0, 0.1) is 0 Å². The van der Waals surface area contributed by atoms with Crippen LogP contribution in [0.4, 0.5) is 17.1 Å². The standard InChI is InChI=1S/C44H28NO2P/c46-48(32-16-12-15-30(27-32)29-13-2-1-3-14-29)42-24-11-7-20-36(42)43-34-18-4-8-21-38(34)45(39-22-9-5-19-35(39)44(43)48)31-25-26-41-37(28-31)33-17-6-10-23-40(33)47-41/h1-28H. The Hall–Kier alpha value is -5.89. The van der Waals surface area contributed by atoms with Crippen LogP contribution < -0.4 is 15.5 Å². The molecule has 0 amide bonds. The number of anilines is 3. The molecule has 2 aliphatic rings. The maximum absolute atomic E-state index is 16.4. The summed E-state index contributed by atoms with van der Waals surface area (Å²) < 4.78 is 22.6. The van der Waals surface area contributed by atoms with Crippen molar-refractivity contribution in [2.24, 2.45) is 0 Å². The van der Waals surface area contributed by atoms with E-state index in [-0.39, 0.29) is 0 Å². The Labute approximate surface area is 278 Å². The monoisotopic (exact) mass is 633 g/mol. The molecule has 0 saturated heterocycles. The van der Waals surface area contributed by atoms with Crippen molar-refractivity contribution in [2.75, 3.05) is 4.90 Å². The molecule has 1 atom stereocenters. The van der Waals surface area contributed by atoms with Crippen LogP contribution in [0.3, 0.4) is 0 Å². The molecule has 226 valence electrons. The number of rotatable bonds is 3. The lowest BCUT2D eigenvalue weighted by Gasteiger charge is -2.29. The number of para-hydroxylation sites is 3. The second-order valence-corrected chi connectivity index (χ2v) is 15.1. The van der Waals surface area contributed by atoms with Gasteiger partial charge in [0, 0.05) is 49.1 Å². The van der Waals surface area contributed by atoms with E-state index in [0.29, 0.717) is 0 Å². The van der Waals surface area contributed by atoms with Gasteiger partial charge in [-0.2, -0.15) is 0 Å². The van der Waals surface area contributed by atoms with E-state index in [2.05, 4.69) is 132 Å². The summed E-state index contributed by atoms with van der Waals surface area (Å²) >= 11 is 0. The number of benzene rings is 7. The zero-order chi connectivity index (χ0) is 31.8. The number of hydrogen-bond donors (Lipinski definition) is 0. The van der Waals surface area contributed by atoms with Gasteiger partial charge in [-0.15, -0.1) is 0 Å². The van der Waals surface area contributed by atoms with Gasteiger partial charge in [0.2, 0.25) is 0 Å². The van der Waals surface area contributed by atoms with Gasteiger partial charge < -0.3 is 13.9 Å². The van der Waals surface area contributed by atoms with Crippen LogP contribution in [-0.4, -0.2) is 0 Å². The first-order chi connectivity index (χ1) is 23.7. The van der Waals surface area contributed by atoms with Gasteiger partial charge in [-0.1, -0.05) is 127 Å². The Morgan fingerprint density at radius 2 is 1.12 bits per heavy atom. The molecule has 10 rings (SSSR count). The minimum atomic E-state index is -3.35. The highest BCUT2D eigenvalue weighted by molar-refractivity contribution is 7.88. The molecule has 0 saturated carbocycles. The summed E-state index contributed by atoms with van der Waals surface area (Å²) in [6.07, 6.45) is 0. The maximum atomic E-state index is 16.4. The highest BCUT2D eigenvalue weighted by Crippen LogP contribution is 2.68. The Kier molecular flexibility index (Phi) is 5.85. The summed E-state index contributed by atoms with van der Waals surface area (Å²) in [6, 6.07) is 58.6. The lowest BCUT2D eigenvalue weighted by Crippen LogP contribution is -2.17. The van der Waals surface area contributed by atoms with Crippen LogP contribution in [0.25, 0.3) is 44.0 Å². The molecule has 0 spiro atoms. The number of furan rings is 1. The number of hydrogen-bond acceptors (Lipinski definition) is 3. The topological polar surface area (TPSA) is 33.5 Å². The van der Waals surface area contributed by atoms with Gasteiger partial charge in [-0.3, -0.25) is 0 Å². The van der Waals surface area contributed by atoms with Gasteiger partial charge in [0.15, 0.2) is 7.14 Å². The molecule has 0 N–H and O–H groups in total. The van der Waals surface area contributed by atoms with Gasteiger partial charge in [-0.25, -0.2) is 0 Å². The molecule has 0 aliphatic carbocycles. The summed E-state index contributed by atoms with van der Waals surface area (Å²) in [7, 11) is -3.35. The normalized spacial score (nSPS) is 16.4. The van der Waals surface area contributed by atoms with Crippen molar-refractivity contribution < 1.29 is 8.98 Å². The molecule has 1 unspecified atom stereocenters. The fraction of sp³-hybridized carbons (Fsp3) is 0. The van der Waals surface area contributed by atoms with Gasteiger partial charge in [0.25, 0.3) is 0 Å². The molecular formula is C44H28NO2P. The molecule has 2 aliphatic heterocycles. The number of nitrogens with zero attached hydrogens (tertiary/aromatic N) is 1. The molecule has 0 bridgehead atoms. The zero-order valence-corrected chi connectivity index (χ0v) is 26.8. The molecule has 1 aromatic heterocycles. The summed E-state index contributed by atoms with van der Waals surface area (Å²) in [5.74, 6) is 0. The molecule has 3 nitrogen and oxygen atoms in total. The zero-order valence-electron chi connectivity index (χ0n) is 25.9. The van der Waals surface area contributed by atoms with Gasteiger partial charge in [-0.05, 0) is 59.2 Å². The third-order valence-corrected chi connectivity index (χ3v) is 13.0. The summed E-state index contributed by atoms with van der Waals surface area (Å²) in [5.41, 5.74) is 11.1. The van der Waals surface area contributed by atoms with E-state index in [1.165, 1.54) is 0 Å². The minimum Gasteiger partial charge on any atom is -0.456 e. The predicted octanol–water partition coefficient (Wildman–Crippen LogP) is 11.3. The number of fused-ring (bicyclic) bond motifs is 9. The highest BCUT2D eigenvalue weighted by Gasteiger charge is 2.46. The fourth-order valence-corrected chi connectivity index (χ4v) is 11.0. The second kappa shape index (κ2) is 10.3. The molecule has 3 heterocycles. The molecule has 0 fully saturated rings. The third-order valence-electron chi connectivity index (χ3n) is 9.81. The van der Waals surface area contributed by atoms with Crippen molar-refractivity contribution in [3.8, 4) is 11.1 Å². The van der Waals surface area contributed by atoms with E-state index >= 15 is 4.57 Å². The smallest absolute Gasteiger partial charge is 0.172 e. The van der Waals surface area contributed by atoms with Gasteiger partial charge >= 0.3 is 0 Å². The lowest BCUT2D eigenvalue weighted by atomic mass is 9.95. The van der Waals surface area contributed by atoms with Crippen molar-refractivity contribution >= 4 is 67.6 Å². The molecule has 4 heteroatoms. The average Bonchev–Trinajstić information content (AvgIpc) is 3.61. The van der Waals surface area contributed by atoms with E-state index in [9.17, 15) is 0 Å². The van der Waals surface area contributed by atoms with Crippen molar-refractivity contribution in [3.05, 3.63) is 187 Å². The van der Waals surface area contributed by atoms with Crippen LogP contribution in [-0.2, 0) is 4.57 Å². The van der Waals surface area contributed by atoms with E-state index < -0.39 is 7.14 Å². The fourth-order valence-electron chi connectivity index (χ4n) is 7.73. The molecular weight excluding hydrogens is 605 g/mol. The first-order valence-electron chi connectivity index (χ1n) is 16.2. The van der Waals surface area contributed by atoms with E-state index in [4.69, 9.17) is 4.42 Å². The van der Waals surface area contributed by atoms with Crippen molar-refractivity contribution in [2.45, 2.75) is 0 Å². The molecule has 0 radical (unpaired) electrons. The van der Waals surface area contributed by atoms with Crippen LogP contribution in [0.5, 0.6) is 0 Å². The van der Waals surface area contributed by atoms with E-state index in [1.54, 1.807) is 0 Å². The summed E-state index contributed by atoms with van der Waals surface area (Å²) in [6.45, 7) is 0. The average molecular weight is 634 g/mol. The van der Waals surface area contributed by atoms with Crippen molar-refractivity contribution in [1.29, 1.82) is 0 Å². The van der Waals surface area contributed by atoms with Gasteiger partial charge in [0.05, 0.1) is 11.4 Å². The van der Waals surface area contributed by atoms with Crippen LogP contribution >= 0.6 is 7.14 Å². The molecule has 48 heavy (non-hydrogen) atoms.